The van der Waals surface area contributed by atoms with Gasteiger partial charge in [-0.3, -0.25) is 0 Å². The third-order valence-corrected chi connectivity index (χ3v) is 12.5. The van der Waals surface area contributed by atoms with Crippen molar-refractivity contribution in [3.63, 3.8) is 0 Å². The van der Waals surface area contributed by atoms with Crippen LogP contribution in [-0.2, 0) is 0 Å². The maximum Gasteiger partial charge on any atom is 0.131 e. The Labute approximate surface area is 236 Å². The van der Waals surface area contributed by atoms with Gasteiger partial charge in [-0.05, 0) is 39.6 Å². The summed E-state index contributed by atoms with van der Waals surface area (Å²) in [5, 5.41) is 5.16. The third kappa shape index (κ3) is 3.95. The molecule has 0 N–H and O–H groups in total. The first-order valence-corrected chi connectivity index (χ1v) is 16.4. The van der Waals surface area contributed by atoms with Crippen LogP contribution in [0.2, 0.25) is 0 Å². The largest absolute Gasteiger partial charge is 0.469 e. The molecule has 0 aromatic heterocycles. The van der Waals surface area contributed by atoms with Crippen LogP contribution in [0.5, 0.6) is 11.5 Å². The highest BCUT2D eigenvalue weighted by Gasteiger charge is 2.38. The Hall–Kier alpha value is -3.96. The first-order chi connectivity index (χ1) is 19.8. The van der Waals surface area contributed by atoms with Crippen LogP contribution < -0.4 is 19.7 Å². The number of benzene rings is 6. The van der Waals surface area contributed by atoms with E-state index in [0.717, 1.165) is 17.7 Å². The normalized spacial score (nSPS) is 17.4. The Kier molecular flexibility index (Phi) is 5.91. The van der Waals surface area contributed by atoms with E-state index in [0.29, 0.717) is 0 Å². The Morgan fingerprint density at radius 1 is 0.475 bits per heavy atom. The monoisotopic (exact) mass is 552 g/mol. The van der Waals surface area contributed by atoms with Crippen molar-refractivity contribution in [3.8, 4) is 33.8 Å². The molecule has 0 saturated carbocycles. The van der Waals surface area contributed by atoms with Crippen LogP contribution in [0.3, 0.4) is 0 Å². The molecule has 0 amide bonds. The van der Waals surface area contributed by atoms with Crippen LogP contribution in [0, 0.1) is 0 Å². The maximum atomic E-state index is 7.04. The van der Waals surface area contributed by atoms with E-state index in [1.54, 1.807) is 0 Å². The minimum atomic E-state index is -1.03. The molecule has 0 aliphatic carbocycles. The Morgan fingerprint density at radius 3 is 1.80 bits per heavy atom. The fourth-order valence-electron chi connectivity index (χ4n) is 6.04. The molecule has 2 nitrogen and oxygen atoms in total. The number of hydrogen-bond acceptors (Lipinski definition) is 2. The summed E-state index contributed by atoms with van der Waals surface area (Å²) < 4.78 is 13.9. The smallest absolute Gasteiger partial charge is 0.131 e. The van der Waals surface area contributed by atoms with Crippen molar-refractivity contribution in [2.75, 3.05) is 6.16 Å². The van der Waals surface area contributed by atoms with Gasteiger partial charge in [0.2, 0.25) is 0 Å². The summed E-state index contributed by atoms with van der Waals surface area (Å²) in [5.41, 5.74) is 6.39. The molecule has 3 unspecified atom stereocenters. The fourth-order valence-corrected chi connectivity index (χ4v) is 11.1. The lowest BCUT2D eigenvalue weighted by atomic mass is 10.0. The summed E-state index contributed by atoms with van der Waals surface area (Å²) in [6.07, 6.45) is 0.872. The Morgan fingerprint density at radius 2 is 1.02 bits per heavy atom. The molecule has 6 aromatic rings. The van der Waals surface area contributed by atoms with Gasteiger partial charge in [-0.2, -0.15) is 0 Å². The molecule has 2 heterocycles. The van der Waals surface area contributed by atoms with E-state index in [9.17, 15) is 0 Å². The van der Waals surface area contributed by atoms with Gasteiger partial charge in [0.05, 0.1) is 5.66 Å². The molecule has 0 saturated heterocycles. The number of rotatable bonds is 4. The molecule has 192 valence electrons. The van der Waals surface area contributed by atoms with Crippen molar-refractivity contribution in [2.45, 2.75) is 5.66 Å². The molecule has 8 rings (SSSR count). The molecule has 0 bridgehead atoms. The van der Waals surface area contributed by atoms with Gasteiger partial charge in [0.1, 0.15) is 27.8 Å². The van der Waals surface area contributed by atoms with Gasteiger partial charge < -0.3 is 9.05 Å². The van der Waals surface area contributed by atoms with Crippen LogP contribution in [-0.4, -0.2) is 6.16 Å². The first-order valence-electron chi connectivity index (χ1n) is 13.6. The van der Waals surface area contributed by atoms with E-state index in [4.69, 9.17) is 9.05 Å². The highest BCUT2D eigenvalue weighted by molar-refractivity contribution is 7.66. The van der Waals surface area contributed by atoms with Gasteiger partial charge in [-0.15, -0.1) is 0 Å². The average Bonchev–Trinajstić information content (AvgIpc) is 3.03. The average molecular weight is 553 g/mol. The molecule has 6 aromatic carbocycles. The van der Waals surface area contributed by atoms with Gasteiger partial charge in [0, 0.05) is 27.9 Å². The van der Waals surface area contributed by atoms with Gasteiger partial charge in [-0.25, -0.2) is 0 Å². The highest BCUT2D eigenvalue weighted by atomic mass is 31.1. The van der Waals surface area contributed by atoms with Gasteiger partial charge in [0.15, 0.2) is 0 Å². The predicted octanol–water partition coefficient (Wildman–Crippen LogP) is 9.44. The van der Waals surface area contributed by atoms with Gasteiger partial charge in [-0.1, -0.05) is 127 Å². The summed E-state index contributed by atoms with van der Waals surface area (Å²) in [7, 11) is -1.97. The van der Waals surface area contributed by atoms with E-state index in [-0.39, 0.29) is 5.66 Å². The van der Waals surface area contributed by atoms with E-state index in [2.05, 4.69) is 140 Å². The molecule has 4 heteroatoms. The summed E-state index contributed by atoms with van der Waals surface area (Å²) in [6.45, 7) is 0. The summed E-state index contributed by atoms with van der Waals surface area (Å²) in [5.74, 6) is 1.95. The van der Waals surface area contributed by atoms with E-state index < -0.39 is 16.3 Å². The predicted molar refractivity (Wildman–Crippen MR) is 170 cm³/mol. The molecule has 2 aliphatic heterocycles. The van der Waals surface area contributed by atoms with Crippen molar-refractivity contribution >= 4 is 37.7 Å². The van der Waals surface area contributed by atoms with E-state index >= 15 is 0 Å². The molecular weight excluding hydrogens is 526 g/mol. The zero-order valence-electron chi connectivity index (χ0n) is 21.8. The van der Waals surface area contributed by atoms with Crippen LogP contribution in [0.1, 0.15) is 11.2 Å². The van der Waals surface area contributed by atoms with Crippen molar-refractivity contribution in [2.24, 2.45) is 0 Å². The number of para-hydroxylation sites is 2. The second-order valence-electron chi connectivity index (χ2n) is 10.2. The lowest BCUT2D eigenvalue weighted by molar-refractivity contribution is 0.601. The second kappa shape index (κ2) is 9.90. The van der Waals surface area contributed by atoms with Crippen LogP contribution in [0.25, 0.3) is 33.0 Å². The van der Waals surface area contributed by atoms with Gasteiger partial charge in [0.25, 0.3) is 0 Å². The fraction of sp³-hybridized carbons (Fsp3) is 0.0556. The number of fused-ring (bicyclic) bond motifs is 7. The van der Waals surface area contributed by atoms with Crippen molar-refractivity contribution < 1.29 is 9.05 Å². The summed E-state index contributed by atoms with van der Waals surface area (Å²) in [4.78, 5) is 0. The van der Waals surface area contributed by atoms with Crippen LogP contribution in [0.4, 0.5) is 0 Å². The Bertz CT molecular complexity index is 1880. The van der Waals surface area contributed by atoms with Crippen LogP contribution >= 0.6 is 16.3 Å². The van der Waals surface area contributed by atoms with Crippen molar-refractivity contribution in [1.82, 2.24) is 0 Å². The molecular formula is C36H26O2P2. The zero-order valence-corrected chi connectivity index (χ0v) is 23.6. The minimum absolute atomic E-state index is 0.139. The second-order valence-corrected chi connectivity index (χ2v) is 13.9. The van der Waals surface area contributed by atoms with Crippen molar-refractivity contribution in [3.05, 3.63) is 145 Å². The van der Waals surface area contributed by atoms with Crippen molar-refractivity contribution in [1.29, 1.82) is 0 Å². The molecule has 2 aliphatic rings. The standard InChI is InChI=1S/C36H26O2P2/c1-2-14-26-25(12-1)13-11-19-29(26)36(40-35-23-10-6-18-31(35)28-16-4-8-21-33(28)38-40)24-39-34-22-9-5-17-30(34)27-15-3-7-20-32(27)37-39/h1-23,36H,24H2. The molecule has 0 radical (unpaired) electrons. The quantitative estimate of drug-likeness (QED) is 0.203. The lowest BCUT2D eigenvalue weighted by Gasteiger charge is -2.37. The molecule has 0 spiro atoms. The highest BCUT2D eigenvalue weighted by Crippen LogP contribution is 2.62. The zero-order chi connectivity index (χ0) is 26.5. The van der Waals surface area contributed by atoms with E-state index in [1.165, 1.54) is 49.2 Å². The Balaban J connectivity index is 1.31. The van der Waals surface area contributed by atoms with E-state index in [1.807, 2.05) is 0 Å². The molecule has 0 fully saturated rings. The SMILES string of the molecule is c1ccc2c(c1)OP(CC(c1cccc3ccccc13)P1Oc3ccccc3-c3ccccc31)c1ccccc1-2. The number of hydrogen-bond donors (Lipinski definition) is 0. The molecule has 3 atom stereocenters. The maximum absolute atomic E-state index is 7.04. The topological polar surface area (TPSA) is 18.5 Å². The minimum Gasteiger partial charge on any atom is -0.469 e. The van der Waals surface area contributed by atoms with Crippen LogP contribution in [0.15, 0.2) is 140 Å². The lowest BCUT2D eigenvalue weighted by Crippen LogP contribution is -2.23. The molecule has 40 heavy (non-hydrogen) atoms. The third-order valence-electron chi connectivity index (χ3n) is 7.88. The first kappa shape index (κ1) is 23.9. The summed E-state index contributed by atoms with van der Waals surface area (Å²) >= 11 is 0. The summed E-state index contributed by atoms with van der Waals surface area (Å²) in [6, 6.07) is 50.0. The van der Waals surface area contributed by atoms with Gasteiger partial charge >= 0.3 is 0 Å².